The molecule has 17 heavy (non-hydrogen) atoms. The molecule has 0 bridgehead atoms. The number of hydrogen-bond acceptors (Lipinski definition) is 2. The highest BCUT2D eigenvalue weighted by molar-refractivity contribution is 7.04. The number of hydrogen-bond donors (Lipinski definition) is 0. The molecule has 2 rings (SSSR count). The molecule has 0 amide bonds. The van der Waals surface area contributed by atoms with Crippen LogP contribution in [0.2, 0.25) is 0 Å². The van der Waals surface area contributed by atoms with Gasteiger partial charge in [-0.15, -0.1) is 0 Å². The van der Waals surface area contributed by atoms with Crippen molar-refractivity contribution in [3.63, 3.8) is 0 Å². The molecule has 0 aliphatic carbocycles. The Hall–Kier alpha value is -1.56. The van der Waals surface area contributed by atoms with Gasteiger partial charge in [0.1, 0.15) is 0 Å². The van der Waals surface area contributed by atoms with E-state index in [1.165, 1.54) is 16.1 Å². The molecular formula is C11H8F3NOS. The molecule has 0 aliphatic heterocycles. The van der Waals surface area contributed by atoms with Gasteiger partial charge in [-0.25, -0.2) is 3.96 Å². The van der Waals surface area contributed by atoms with E-state index in [2.05, 4.69) is 0 Å². The number of halogens is 3. The Kier molecular flexibility index (Phi) is 2.82. The summed E-state index contributed by atoms with van der Waals surface area (Å²) in [6.45, 7) is 1.63. The van der Waals surface area contributed by atoms with E-state index in [1.807, 2.05) is 0 Å². The first-order valence-electron chi connectivity index (χ1n) is 4.75. The first-order chi connectivity index (χ1) is 7.89. The SMILES string of the molecule is Cc1csn(-c2cccc(C(F)(F)F)c2)c1=O. The van der Waals surface area contributed by atoms with Crippen molar-refractivity contribution in [3.05, 3.63) is 51.1 Å². The third-order valence-corrected chi connectivity index (χ3v) is 3.31. The molecule has 2 aromatic rings. The summed E-state index contributed by atoms with van der Waals surface area (Å²) < 4.78 is 38.8. The molecule has 2 nitrogen and oxygen atoms in total. The van der Waals surface area contributed by atoms with Gasteiger partial charge in [-0.2, -0.15) is 13.2 Å². The second kappa shape index (κ2) is 4.03. The van der Waals surface area contributed by atoms with Gasteiger partial charge in [0.05, 0.1) is 11.3 Å². The molecule has 0 spiro atoms. The van der Waals surface area contributed by atoms with E-state index in [0.29, 0.717) is 5.56 Å². The zero-order valence-corrected chi connectivity index (χ0v) is 9.60. The van der Waals surface area contributed by atoms with Gasteiger partial charge in [0.15, 0.2) is 0 Å². The molecule has 0 fully saturated rings. The highest BCUT2D eigenvalue weighted by Crippen LogP contribution is 2.30. The van der Waals surface area contributed by atoms with Gasteiger partial charge in [-0.05, 0) is 25.1 Å². The molecule has 0 saturated carbocycles. The Labute approximate surface area is 99.1 Å². The first-order valence-corrected chi connectivity index (χ1v) is 5.58. The average molecular weight is 259 g/mol. The van der Waals surface area contributed by atoms with Crippen LogP contribution in [0.1, 0.15) is 11.1 Å². The van der Waals surface area contributed by atoms with Crippen molar-refractivity contribution < 1.29 is 13.2 Å². The summed E-state index contributed by atoms with van der Waals surface area (Å²) in [5.74, 6) is 0. The van der Waals surface area contributed by atoms with Crippen LogP contribution in [0, 0.1) is 6.92 Å². The Bertz CT molecular complexity index is 597. The zero-order chi connectivity index (χ0) is 12.6. The molecule has 0 N–H and O–H groups in total. The fraction of sp³-hybridized carbons (Fsp3) is 0.182. The van der Waals surface area contributed by atoms with Crippen molar-refractivity contribution in [2.75, 3.05) is 0 Å². The summed E-state index contributed by atoms with van der Waals surface area (Å²) >= 11 is 1.09. The monoisotopic (exact) mass is 259 g/mol. The van der Waals surface area contributed by atoms with Crippen molar-refractivity contribution in [3.8, 4) is 5.69 Å². The third-order valence-electron chi connectivity index (χ3n) is 2.26. The van der Waals surface area contributed by atoms with Crippen LogP contribution in [0.4, 0.5) is 13.2 Å². The number of alkyl halides is 3. The Morgan fingerprint density at radius 2 is 2.00 bits per heavy atom. The van der Waals surface area contributed by atoms with Crippen LogP contribution < -0.4 is 5.56 Å². The summed E-state index contributed by atoms with van der Waals surface area (Å²) in [7, 11) is 0. The zero-order valence-electron chi connectivity index (χ0n) is 8.78. The quantitative estimate of drug-likeness (QED) is 0.770. The van der Waals surface area contributed by atoms with Crippen LogP contribution in [0.15, 0.2) is 34.4 Å². The summed E-state index contributed by atoms with van der Waals surface area (Å²) in [4.78, 5) is 11.6. The molecule has 6 heteroatoms. The van der Waals surface area contributed by atoms with E-state index in [-0.39, 0.29) is 11.2 Å². The minimum Gasteiger partial charge on any atom is -0.268 e. The maximum absolute atomic E-state index is 12.5. The average Bonchev–Trinajstić information content (AvgIpc) is 2.59. The minimum atomic E-state index is -4.40. The Morgan fingerprint density at radius 3 is 2.53 bits per heavy atom. The second-order valence-corrected chi connectivity index (χ2v) is 4.37. The van der Waals surface area contributed by atoms with Gasteiger partial charge in [0.25, 0.3) is 5.56 Å². The molecule has 0 radical (unpaired) electrons. The van der Waals surface area contributed by atoms with Crippen LogP contribution in [0.3, 0.4) is 0 Å². The number of rotatable bonds is 1. The van der Waals surface area contributed by atoms with Crippen molar-refractivity contribution in [1.29, 1.82) is 0 Å². The first kappa shape index (κ1) is 11.9. The lowest BCUT2D eigenvalue weighted by Crippen LogP contribution is -2.14. The summed E-state index contributed by atoms with van der Waals surface area (Å²) in [6, 6.07) is 4.72. The molecule has 0 aliphatic rings. The van der Waals surface area contributed by atoms with Crippen LogP contribution in [-0.4, -0.2) is 3.96 Å². The molecule has 0 atom stereocenters. The predicted octanol–water partition coefficient (Wildman–Crippen LogP) is 3.23. The lowest BCUT2D eigenvalue weighted by molar-refractivity contribution is -0.137. The van der Waals surface area contributed by atoms with E-state index in [1.54, 1.807) is 12.3 Å². The highest BCUT2D eigenvalue weighted by atomic mass is 32.1. The fourth-order valence-electron chi connectivity index (χ4n) is 1.38. The molecule has 0 unspecified atom stereocenters. The predicted molar refractivity (Wildman–Crippen MR) is 59.7 cm³/mol. The van der Waals surface area contributed by atoms with Crippen molar-refractivity contribution in [2.24, 2.45) is 0 Å². The van der Waals surface area contributed by atoms with Gasteiger partial charge in [-0.3, -0.25) is 4.79 Å². The maximum Gasteiger partial charge on any atom is 0.416 e. The van der Waals surface area contributed by atoms with Gasteiger partial charge in [-0.1, -0.05) is 17.6 Å². The summed E-state index contributed by atoms with van der Waals surface area (Å²) in [5.41, 5.74) is -0.280. The minimum absolute atomic E-state index is 0.239. The van der Waals surface area contributed by atoms with Gasteiger partial charge in [0.2, 0.25) is 0 Å². The number of benzene rings is 1. The third kappa shape index (κ3) is 2.26. The Morgan fingerprint density at radius 1 is 1.29 bits per heavy atom. The smallest absolute Gasteiger partial charge is 0.268 e. The van der Waals surface area contributed by atoms with Crippen molar-refractivity contribution >= 4 is 11.5 Å². The highest BCUT2D eigenvalue weighted by Gasteiger charge is 2.30. The molecule has 1 aromatic carbocycles. The molecular weight excluding hydrogens is 251 g/mol. The Balaban J connectivity index is 2.55. The standard InChI is InChI=1S/C11H8F3NOS/c1-7-6-17-15(10(7)16)9-4-2-3-8(5-9)11(12,13)14/h2-6H,1H3. The van der Waals surface area contributed by atoms with E-state index in [0.717, 1.165) is 23.7 Å². The number of aromatic nitrogens is 1. The number of nitrogens with zero attached hydrogens (tertiary/aromatic N) is 1. The molecule has 1 heterocycles. The lowest BCUT2D eigenvalue weighted by atomic mass is 10.2. The van der Waals surface area contributed by atoms with Gasteiger partial charge >= 0.3 is 6.18 Å². The van der Waals surface area contributed by atoms with E-state index in [4.69, 9.17) is 0 Å². The molecule has 1 aromatic heterocycles. The van der Waals surface area contributed by atoms with Crippen LogP contribution in [0.25, 0.3) is 5.69 Å². The fourth-order valence-corrected chi connectivity index (χ4v) is 2.22. The van der Waals surface area contributed by atoms with Crippen LogP contribution in [0.5, 0.6) is 0 Å². The van der Waals surface area contributed by atoms with Crippen molar-refractivity contribution in [1.82, 2.24) is 3.96 Å². The van der Waals surface area contributed by atoms with E-state index < -0.39 is 11.7 Å². The molecule has 90 valence electrons. The van der Waals surface area contributed by atoms with Gasteiger partial charge < -0.3 is 0 Å². The normalized spacial score (nSPS) is 11.8. The topological polar surface area (TPSA) is 22.0 Å². The second-order valence-electron chi connectivity index (χ2n) is 3.55. The lowest BCUT2D eigenvalue weighted by Gasteiger charge is -2.08. The summed E-state index contributed by atoms with van der Waals surface area (Å²) in [6.07, 6.45) is -4.40. The van der Waals surface area contributed by atoms with Crippen molar-refractivity contribution in [2.45, 2.75) is 13.1 Å². The van der Waals surface area contributed by atoms with Crippen LogP contribution in [-0.2, 0) is 6.18 Å². The summed E-state index contributed by atoms with van der Waals surface area (Å²) in [5, 5.41) is 1.61. The molecule has 0 saturated heterocycles. The largest absolute Gasteiger partial charge is 0.416 e. The van der Waals surface area contributed by atoms with E-state index in [9.17, 15) is 18.0 Å². The van der Waals surface area contributed by atoms with Gasteiger partial charge in [0, 0.05) is 10.9 Å². The maximum atomic E-state index is 12.5. The van der Waals surface area contributed by atoms with E-state index >= 15 is 0 Å². The van der Waals surface area contributed by atoms with Crippen LogP contribution >= 0.6 is 11.5 Å². The number of aryl methyl sites for hydroxylation is 1.